The molecule has 0 aliphatic carbocycles. The molecular weight excluding hydrogens is 274 g/mol. The van der Waals surface area contributed by atoms with E-state index in [4.69, 9.17) is 16.3 Å². The highest BCUT2D eigenvalue weighted by atomic mass is 35.5. The zero-order valence-corrected chi connectivity index (χ0v) is 12.2. The van der Waals surface area contributed by atoms with Crippen molar-refractivity contribution in [1.82, 2.24) is 4.98 Å². The predicted molar refractivity (Wildman–Crippen MR) is 80.1 cm³/mol. The summed E-state index contributed by atoms with van der Waals surface area (Å²) in [5.41, 5.74) is 1.74. The van der Waals surface area contributed by atoms with E-state index in [0.717, 1.165) is 23.3 Å². The van der Waals surface area contributed by atoms with Crippen LogP contribution in [0.3, 0.4) is 0 Å². The van der Waals surface area contributed by atoms with Crippen LogP contribution in [-0.2, 0) is 6.42 Å². The molecule has 0 aliphatic heterocycles. The Hall–Kier alpha value is -1.58. The molecule has 1 aromatic carbocycles. The minimum absolute atomic E-state index is 0.469. The van der Waals surface area contributed by atoms with Crippen molar-refractivity contribution >= 4 is 11.6 Å². The first-order valence-corrected chi connectivity index (χ1v) is 7.07. The Bertz CT molecular complexity index is 542. The summed E-state index contributed by atoms with van der Waals surface area (Å²) < 4.78 is 5.52. The number of hydrogen-bond donors (Lipinski definition) is 1. The fourth-order valence-corrected chi connectivity index (χ4v) is 2.10. The van der Waals surface area contributed by atoms with Crippen LogP contribution in [0.25, 0.3) is 0 Å². The quantitative estimate of drug-likeness (QED) is 0.880. The summed E-state index contributed by atoms with van der Waals surface area (Å²) in [6.07, 6.45) is 4.12. The number of aromatic nitrogens is 1. The van der Waals surface area contributed by atoms with Crippen LogP contribution in [0.4, 0.5) is 0 Å². The van der Waals surface area contributed by atoms with Crippen molar-refractivity contribution in [3.05, 3.63) is 58.9 Å². The SMILES string of the molecule is CCCOc1ccc(C(O)Cc2ccncc2Cl)cc1. The zero-order chi connectivity index (χ0) is 14.4. The van der Waals surface area contributed by atoms with Crippen molar-refractivity contribution in [2.24, 2.45) is 0 Å². The number of hydrogen-bond acceptors (Lipinski definition) is 3. The molecule has 0 saturated carbocycles. The Balaban J connectivity index is 2.02. The number of benzene rings is 1. The van der Waals surface area contributed by atoms with Gasteiger partial charge in [0.25, 0.3) is 0 Å². The van der Waals surface area contributed by atoms with Crippen molar-refractivity contribution in [3.63, 3.8) is 0 Å². The number of aliphatic hydroxyl groups is 1. The van der Waals surface area contributed by atoms with E-state index in [0.29, 0.717) is 18.1 Å². The van der Waals surface area contributed by atoms with E-state index in [1.807, 2.05) is 30.3 Å². The van der Waals surface area contributed by atoms with E-state index in [1.165, 1.54) is 0 Å². The number of pyridine rings is 1. The van der Waals surface area contributed by atoms with Gasteiger partial charge in [0.05, 0.1) is 17.7 Å². The van der Waals surface area contributed by atoms with Gasteiger partial charge in [-0.2, -0.15) is 0 Å². The smallest absolute Gasteiger partial charge is 0.119 e. The van der Waals surface area contributed by atoms with Crippen molar-refractivity contribution in [2.45, 2.75) is 25.9 Å². The van der Waals surface area contributed by atoms with Gasteiger partial charge in [0.1, 0.15) is 5.75 Å². The van der Waals surface area contributed by atoms with E-state index in [-0.39, 0.29) is 0 Å². The Labute approximate surface area is 124 Å². The van der Waals surface area contributed by atoms with E-state index < -0.39 is 6.10 Å². The molecule has 20 heavy (non-hydrogen) atoms. The van der Waals surface area contributed by atoms with Gasteiger partial charge >= 0.3 is 0 Å². The Morgan fingerprint density at radius 2 is 2.00 bits per heavy atom. The summed E-state index contributed by atoms with van der Waals surface area (Å²) in [7, 11) is 0. The van der Waals surface area contributed by atoms with Crippen molar-refractivity contribution < 1.29 is 9.84 Å². The predicted octanol–water partition coefficient (Wildman–Crippen LogP) is 3.80. The van der Waals surface area contributed by atoms with Crippen LogP contribution >= 0.6 is 11.6 Å². The van der Waals surface area contributed by atoms with Gasteiger partial charge in [0.2, 0.25) is 0 Å². The second-order valence-electron chi connectivity index (χ2n) is 4.60. The maximum Gasteiger partial charge on any atom is 0.119 e. The molecule has 1 aromatic heterocycles. The molecule has 3 nitrogen and oxygen atoms in total. The van der Waals surface area contributed by atoms with Crippen molar-refractivity contribution in [1.29, 1.82) is 0 Å². The lowest BCUT2D eigenvalue weighted by Gasteiger charge is -2.13. The summed E-state index contributed by atoms with van der Waals surface area (Å²) in [6, 6.07) is 9.34. The van der Waals surface area contributed by atoms with E-state index in [2.05, 4.69) is 11.9 Å². The van der Waals surface area contributed by atoms with Gasteiger partial charge in [-0.05, 0) is 35.7 Å². The topological polar surface area (TPSA) is 42.4 Å². The van der Waals surface area contributed by atoms with Crippen LogP contribution < -0.4 is 4.74 Å². The first kappa shape index (κ1) is 14.8. The van der Waals surface area contributed by atoms with Gasteiger partial charge < -0.3 is 9.84 Å². The third-order valence-corrected chi connectivity index (χ3v) is 3.35. The first-order valence-electron chi connectivity index (χ1n) is 6.70. The highest BCUT2D eigenvalue weighted by Gasteiger charge is 2.11. The fourth-order valence-electron chi connectivity index (χ4n) is 1.90. The molecule has 0 aliphatic rings. The van der Waals surface area contributed by atoms with Crippen LogP contribution in [0.1, 0.15) is 30.6 Å². The minimum Gasteiger partial charge on any atom is -0.494 e. The van der Waals surface area contributed by atoms with Gasteiger partial charge in [-0.25, -0.2) is 0 Å². The minimum atomic E-state index is -0.588. The Morgan fingerprint density at radius 1 is 1.25 bits per heavy atom. The van der Waals surface area contributed by atoms with Gasteiger partial charge in [0, 0.05) is 18.8 Å². The molecule has 0 spiro atoms. The molecule has 1 atom stereocenters. The van der Waals surface area contributed by atoms with Crippen molar-refractivity contribution in [3.8, 4) is 5.75 Å². The molecule has 1 N–H and O–H groups in total. The fraction of sp³-hybridized carbons (Fsp3) is 0.312. The molecule has 2 rings (SSSR count). The van der Waals surface area contributed by atoms with E-state index in [1.54, 1.807) is 12.4 Å². The van der Waals surface area contributed by atoms with Gasteiger partial charge in [-0.1, -0.05) is 30.7 Å². The number of halogens is 1. The summed E-state index contributed by atoms with van der Waals surface area (Å²) in [4.78, 5) is 3.93. The van der Waals surface area contributed by atoms with Crippen LogP contribution in [0, 0.1) is 0 Å². The standard InChI is InChI=1S/C16H18ClNO2/c1-2-9-20-14-5-3-12(4-6-14)16(19)10-13-7-8-18-11-15(13)17/h3-8,11,16,19H,2,9-10H2,1H3. The molecular formula is C16H18ClNO2. The molecule has 0 bridgehead atoms. The molecule has 0 saturated heterocycles. The van der Waals surface area contributed by atoms with E-state index in [9.17, 15) is 5.11 Å². The molecule has 0 amide bonds. The molecule has 0 radical (unpaired) electrons. The van der Waals surface area contributed by atoms with Gasteiger partial charge in [-0.3, -0.25) is 4.98 Å². The lowest BCUT2D eigenvalue weighted by molar-refractivity contribution is 0.178. The molecule has 1 heterocycles. The van der Waals surface area contributed by atoms with Crippen LogP contribution in [-0.4, -0.2) is 16.7 Å². The Kier molecular flexibility index (Phi) is 5.39. The average Bonchev–Trinajstić information content (AvgIpc) is 2.48. The number of aliphatic hydroxyl groups excluding tert-OH is 1. The zero-order valence-electron chi connectivity index (χ0n) is 11.4. The Morgan fingerprint density at radius 3 is 2.65 bits per heavy atom. The average molecular weight is 292 g/mol. The molecule has 4 heteroatoms. The normalized spacial score (nSPS) is 12.2. The number of rotatable bonds is 6. The highest BCUT2D eigenvalue weighted by molar-refractivity contribution is 6.31. The maximum atomic E-state index is 10.2. The molecule has 1 unspecified atom stereocenters. The van der Waals surface area contributed by atoms with Crippen LogP contribution in [0.2, 0.25) is 5.02 Å². The van der Waals surface area contributed by atoms with Crippen LogP contribution in [0.5, 0.6) is 5.75 Å². The second kappa shape index (κ2) is 7.27. The van der Waals surface area contributed by atoms with Gasteiger partial charge in [0.15, 0.2) is 0 Å². The number of nitrogens with zero attached hydrogens (tertiary/aromatic N) is 1. The largest absolute Gasteiger partial charge is 0.494 e. The lowest BCUT2D eigenvalue weighted by atomic mass is 10.0. The summed E-state index contributed by atoms with van der Waals surface area (Å²) in [6.45, 7) is 2.77. The molecule has 0 fully saturated rings. The third-order valence-electron chi connectivity index (χ3n) is 3.01. The third kappa shape index (κ3) is 3.95. The number of ether oxygens (including phenoxy) is 1. The van der Waals surface area contributed by atoms with Gasteiger partial charge in [-0.15, -0.1) is 0 Å². The second-order valence-corrected chi connectivity index (χ2v) is 5.01. The summed E-state index contributed by atoms with van der Waals surface area (Å²) in [5, 5.41) is 10.8. The summed E-state index contributed by atoms with van der Waals surface area (Å²) in [5.74, 6) is 0.824. The van der Waals surface area contributed by atoms with E-state index >= 15 is 0 Å². The highest BCUT2D eigenvalue weighted by Crippen LogP contribution is 2.24. The monoisotopic (exact) mass is 291 g/mol. The molecule has 2 aromatic rings. The van der Waals surface area contributed by atoms with Crippen molar-refractivity contribution in [2.75, 3.05) is 6.61 Å². The van der Waals surface area contributed by atoms with Crippen LogP contribution in [0.15, 0.2) is 42.7 Å². The maximum absolute atomic E-state index is 10.2. The lowest BCUT2D eigenvalue weighted by Crippen LogP contribution is -2.03. The molecule has 106 valence electrons. The first-order chi connectivity index (χ1) is 9.70. The summed E-state index contributed by atoms with van der Waals surface area (Å²) >= 11 is 6.04.